The Morgan fingerprint density at radius 1 is 1.25 bits per heavy atom. The van der Waals surface area contributed by atoms with Crippen LogP contribution in [0.25, 0.3) is 0 Å². The molecule has 0 radical (unpaired) electrons. The number of benzene rings is 1. The molecular weight excluding hydrogens is 304 g/mol. The van der Waals surface area contributed by atoms with Gasteiger partial charge >= 0.3 is 0 Å². The van der Waals surface area contributed by atoms with Crippen LogP contribution in [0.2, 0.25) is 0 Å². The van der Waals surface area contributed by atoms with E-state index in [2.05, 4.69) is 20.2 Å². The minimum absolute atomic E-state index is 0.00446. The number of hydrogen-bond donors (Lipinski definition) is 1. The number of rotatable bonds is 4. The Kier molecular flexibility index (Phi) is 4.93. The van der Waals surface area contributed by atoms with Crippen LogP contribution in [0.5, 0.6) is 5.75 Å². The summed E-state index contributed by atoms with van der Waals surface area (Å²) in [6, 6.07) is 7.58. The van der Waals surface area contributed by atoms with Gasteiger partial charge in [0.2, 0.25) is 11.9 Å². The number of methoxy groups -OCH3 is 1. The zero-order valence-corrected chi connectivity index (χ0v) is 14.0. The average Bonchev–Trinajstić information content (AvgIpc) is 2.63. The van der Waals surface area contributed by atoms with Crippen LogP contribution in [-0.4, -0.2) is 36.1 Å². The van der Waals surface area contributed by atoms with Crippen LogP contribution < -0.4 is 15.0 Å². The molecule has 6 nitrogen and oxygen atoms in total. The number of carbonyl (C=O) groups is 1. The predicted octanol–water partition coefficient (Wildman–Crippen LogP) is 2.65. The highest BCUT2D eigenvalue weighted by Crippen LogP contribution is 2.27. The van der Waals surface area contributed by atoms with Crippen molar-refractivity contribution in [2.24, 2.45) is 5.92 Å². The van der Waals surface area contributed by atoms with Gasteiger partial charge in [0, 0.05) is 31.4 Å². The van der Waals surface area contributed by atoms with Gasteiger partial charge in [-0.05, 0) is 43.5 Å². The molecule has 1 aliphatic rings. The Labute approximate surface area is 141 Å². The third-order valence-corrected chi connectivity index (χ3v) is 4.31. The van der Waals surface area contributed by atoms with Gasteiger partial charge in [-0.15, -0.1) is 0 Å². The van der Waals surface area contributed by atoms with E-state index in [0.29, 0.717) is 5.75 Å². The first-order valence-corrected chi connectivity index (χ1v) is 8.15. The zero-order valence-electron chi connectivity index (χ0n) is 14.0. The van der Waals surface area contributed by atoms with Crippen LogP contribution in [0.4, 0.5) is 11.6 Å². The molecule has 1 saturated heterocycles. The molecule has 6 heteroatoms. The lowest BCUT2D eigenvalue weighted by atomic mass is 9.96. The quantitative estimate of drug-likeness (QED) is 0.935. The fraction of sp³-hybridized carbons (Fsp3) is 0.389. The lowest BCUT2D eigenvalue weighted by molar-refractivity contribution is -0.120. The van der Waals surface area contributed by atoms with E-state index in [1.807, 2.05) is 25.1 Å². The summed E-state index contributed by atoms with van der Waals surface area (Å²) in [6.45, 7) is 3.56. The van der Waals surface area contributed by atoms with Gasteiger partial charge in [0.15, 0.2) is 0 Å². The molecule has 1 amide bonds. The first kappa shape index (κ1) is 16.2. The SMILES string of the molecule is COc1ccc(C)cc1NC(=O)C1CCN(c2ncccn2)CC1. The monoisotopic (exact) mass is 326 g/mol. The minimum atomic E-state index is -0.00446. The summed E-state index contributed by atoms with van der Waals surface area (Å²) in [6.07, 6.45) is 5.06. The van der Waals surface area contributed by atoms with Crippen molar-refractivity contribution in [3.8, 4) is 5.75 Å². The van der Waals surface area contributed by atoms with Crippen LogP contribution in [0, 0.1) is 12.8 Å². The van der Waals surface area contributed by atoms with E-state index < -0.39 is 0 Å². The molecular formula is C18H22N4O2. The molecule has 0 saturated carbocycles. The van der Waals surface area contributed by atoms with Gasteiger partial charge in [0.05, 0.1) is 12.8 Å². The second-order valence-corrected chi connectivity index (χ2v) is 6.00. The fourth-order valence-corrected chi connectivity index (χ4v) is 2.95. The predicted molar refractivity (Wildman–Crippen MR) is 93.3 cm³/mol. The topological polar surface area (TPSA) is 67.3 Å². The van der Waals surface area contributed by atoms with Gasteiger partial charge in [0.1, 0.15) is 5.75 Å². The van der Waals surface area contributed by atoms with Crippen LogP contribution in [0.3, 0.4) is 0 Å². The van der Waals surface area contributed by atoms with Crippen molar-refractivity contribution in [1.29, 1.82) is 0 Å². The van der Waals surface area contributed by atoms with Gasteiger partial charge in [0.25, 0.3) is 0 Å². The van der Waals surface area contributed by atoms with Crippen LogP contribution in [0.15, 0.2) is 36.7 Å². The van der Waals surface area contributed by atoms with E-state index in [0.717, 1.165) is 43.1 Å². The standard InChI is InChI=1S/C18H22N4O2/c1-13-4-5-16(24-2)15(12-13)21-17(23)14-6-10-22(11-7-14)18-19-8-3-9-20-18/h3-5,8-9,12,14H,6-7,10-11H2,1-2H3,(H,21,23). The van der Waals surface area contributed by atoms with Gasteiger partial charge in [-0.3, -0.25) is 4.79 Å². The molecule has 1 aliphatic heterocycles. The first-order valence-electron chi connectivity index (χ1n) is 8.15. The van der Waals surface area contributed by atoms with Crippen molar-refractivity contribution in [2.75, 3.05) is 30.4 Å². The Morgan fingerprint density at radius 2 is 1.96 bits per heavy atom. The van der Waals surface area contributed by atoms with Gasteiger partial charge in [-0.2, -0.15) is 0 Å². The number of aryl methyl sites for hydroxylation is 1. The van der Waals surface area contributed by atoms with Gasteiger partial charge < -0.3 is 15.0 Å². The Bertz CT molecular complexity index is 697. The fourth-order valence-electron chi connectivity index (χ4n) is 2.95. The van der Waals surface area contributed by atoms with Crippen molar-refractivity contribution in [3.63, 3.8) is 0 Å². The number of nitrogens with zero attached hydrogens (tertiary/aromatic N) is 3. The highest BCUT2D eigenvalue weighted by molar-refractivity contribution is 5.94. The third kappa shape index (κ3) is 3.64. The summed E-state index contributed by atoms with van der Waals surface area (Å²) in [5.41, 5.74) is 1.82. The van der Waals surface area contributed by atoms with Gasteiger partial charge in [-0.25, -0.2) is 9.97 Å². The molecule has 2 heterocycles. The van der Waals surface area contributed by atoms with E-state index in [4.69, 9.17) is 4.74 Å². The number of piperidine rings is 1. The number of carbonyl (C=O) groups excluding carboxylic acids is 1. The highest BCUT2D eigenvalue weighted by Gasteiger charge is 2.26. The molecule has 0 spiro atoms. The van der Waals surface area contributed by atoms with E-state index in [1.165, 1.54) is 0 Å². The molecule has 3 rings (SSSR count). The van der Waals surface area contributed by atoms with Crippen molar-refractivity contribution < 1.29 is 9.53 Å². The third-order valence-electron chi connectivity index (χ3n) is 4.31. The van der Waals surface area contributed by atoms with Crippen LogP contribution >= 0.6 is 0 Å². The number of aromatic nitrogens is 2. The van der Waals surface area contributed by atoms with Gasteiger partial charge in [-0.1, -0.05) is 6.07 Å². The number of nitrogens with one attached hydrogen (secondary N) is 1. The molecule has 1 N–H and O–H groups in total. The van der Waals surface area contributed by atoms with Crippen molar-refractivity contribution >= 4 is 17.5 Å². The molecule has 1 aromatic heterocycles. The molecule has 0 unspecified atom stereocenters. The average molecular weight is 326 g/mol. The largest absolute Gasteiger partial charge is 0.495 e. The van der Waals surface area contributed by atoms with Crippen molar-refractivity contribution in [2.45, 2.75) is 19.8 Å². The Morgan fingerprint density at radius 3 is 2.62 bits per heavy atom. The summed E-state index contributed by atoms with van der Waals surface area (Å²) in [5.74, 6) is 1.46. The molecule has 24 heavy (non-hydrogen) atoms. The molecule has 1 fully saturated rings. The maximum Gasteiger partial charge on any atom is 0.227 e. The minimum Gasteiger partial charge on any atom is -0.495 e. The van der Waals surface area contributed by atoms with Crippen molar-refractivity contribution in [1.82, 2.24) is 9.97 Å². The first-order chi connectivity index (χ1) is 11.7. The normalized spacial score (nSPS) is 15.2. The number of hydrogen-bond acceptors (Lipinski definition) is 5. The summed E-state index contributed by atoms with van der Waals surface area (Å²) in [7, 11) is 1.61. The maximum atomic E-state index is 12.6. The van der Waals surface area contributed by atoms with Crippen molar-refractivity contribution in [3.05, 3.63) is 42.2 Å². The summed E-state index contributed by atoms with van der Waals surface area (Å²) >= 11 is 0. The lowest BCUT2D eigenvalue weighted by Crippen LogP contribution is -2.39. The molecule has 0 aliphatic carbocycles. The molecule has 126 valence electrons. The Hall–Kier alpha value is -2.63. The second kappa shape index (κ2) is 7.29. The number of anilines is 2. The number of amides is 1. The van der Waals surface area contributed by atoms with Crippen LogP contribution in [0.1, 0.15) is 18.4 Å². The summed E-state index contributed by atoms with van der Waals surface area (Å²) in [4.78, 5) is 23.2. The summed E-state index contributed by atoms with van der Waals surface area (Å²) < 4.78 is 5.32. The maximum absolute atomic E-state index is 12.6. The Balaban J connectivity index is 1.61. The number of ether oxygens (including phenoxy) is 1. The smallest absolute Gasteiger partial charge is 0.227 e. The molecule has 0 bridgehead atoms. The van der Waals surface area contributed by atoms with E-state index in [-0.39, 0.29) is 11.8 Å². The highest BCUT2D eigenvalue weighted by atomic mass is 16.5. The second-order valence-electron chi connectivity index (χ2n) is 6.00. The summed E-state index contributed by atoms with van der Waals surface area (Å²) in [5, 5.41) is 3.01. The molecule has 2 aromatic rings. The zero-order chi connectivity index (χ0) is 16.9. The lowest BCUT2D eigenvalue weighted by Gasteiger charge is -2.31. The molecule has 0 atom stereocenters. The van der Waals surface area contributed by atoms with Crippen LogP contribution in [-0.2, 0) is 4.79 Å². The molecule has 1 aromatic carbocycles. The van der Waals surface area contributed by atoms with E-state index in [1.54, 1.807) is 25.6 Å². The van der Waals surface area contributed by atoms with E-state index in [9.17, 15) is 4.79 Å². The van der Waals surface area contributed by atoms with E-state index >= 15 is 0 Å².